The zero-order valence-electron chi connectivity index (χ0n) is 11.5. The Kier molecular flexibility index (Phi) is 5.89. The molecule has 1 N–H and O–H groups in total. The number of aromatic nitrogens is 2. The van der Waals surface area contributed by atoms with Gasteiger partial charge in [-0.05, 0) is 11.6 Å². The summed E-state index contributed by atoms with van der Waals surface area (Å²) >= 11 is 18.2. The molecule has 1 heterocycles. The van der Waals surface area contributed by atoms with Gasteiger partial charge in [-0.3, -0.25) is 4.79 Å². The number of imidazole rings is 1. The average molecular weight is 359 g/mol. The van der Waals surface area contributed by atoms with E-state index < -0.39 is 10.5 Å². The van der Waals surface area contributed by atoms with Crippen LogP contribution >= 0.6 is 34.8 Å². The van der Waals surface area contributed by atoms with Crippen LogP contribution in [0.15, 0.2) is 55.1 Å². The van der Waals surface area contributed by atoms with E-state index in [0.29, 0.717) is 0 Å². The Hall–Kier alpha value is -1.49. The van der Waals surface area contributed by atoms with Crippen LogP contribution < -0.4 is 5.32 Å². The molecule has 0 aliphatic carbocycles. The van der Waals surface area contributed by atoms with Crippen LogP contribution in [0.3, 0.4) is 0 Å². The Morgan fingerprint density at radius 1 is 1.36 bits per heavy atom. The number of benzene rings is 1. The molecule has 0 fully saturated rings. The lowest BCUT2D eigenvalue weighted by atomic mass is 10.2. The highest BCUT2D eigenvalue weighted by atomic mass is 35.5. The van der Waals surface area contributed by atoms with E-state index in [2.05, 4.69) is 10.3 Å². The van der Waals surface area contributed by atoms with E-state index in [4.69, 9.17) is 34.8 Å². The number of nitrogens with zero attached hydrogens (tertiary/aromatic N) is 2. The van der Waals surface area contributed by atoms with Crippen molar-refractivity contribution < 1.29 is 4.79 Å². The van der Waals surface area contributed by atoms with E-state index in [9.17, 15) is 4.79 Å². The summed E-state index contributed by atoms with van der Waals surface area (Å²) in [6.45, 7) is 0. The number of halogens is 3. The van der Waals surface area contributed by atoms with Gasteiger partial charge in [0.25, 0.3) is 0 Å². The quantitative estimate of drug-likeness (QED) is 0.633. The van der Waals surface area contributed by atoms with E-state index in [-0.39, 0.29) is 11.8 Å². The Balaban J connectivity index is 2.11. The maximum atomic E-state index is 12.1. The highest BCUT2D eigenvalue weighted by Gasteiger charge is 2.36. The fourth-order valence-electron chi connectivity index (χ4n) is 1.81. The minimum atomic E-state index is -1.36. The average Bonchev–Trinajstić information content (AvgIpc) is 3.05. The van der Waals surface area contributed by atoms with Gasteiger partial charge >= 0.3 is 0 Å². The molecule has 0 aliphatic rings. The van der Waals surface area contributed by atoms with Crippen LogP contribution in [-0.2, 0) is 4.79 Å². The second kappa shape index (κ2) is 7.68. The van der Waals surface area contributed by atoms with Crippen LogP contribution in [0.2, 0.25) is 0 Å². The van der Waals surface area contributed by atoms with Crippen molar-refractivity contribution in [2.45, 2.75) is 10.5 Å². The predicted molar refractivity (Wildman–Crippen MR) is 90.0 cm³/mol. The summed E-state index contributed by atoms with van der Waals surface area (Å²) in [4.78, 5) is 16.0. The Labute approximate surface area is 143 Å². The van der Waals surface area contributed by atoms with Gasteiger partial charge in [-0.1, -0.05) is 53.5 Å². The lowest BCUT2D eigenvalue weighted by Crippen LogP contribution is -2.43. The number of amides is 1. The predicted octanol–water partition coefficient (Wildman–Crippen LogP) is 3.62. The number of hydrogen-bond donors (Lipinski definition) is 1. The molecule has 0 saturated carbocycles. The van der Waals surface area contributed by atoms with Crippen LogP contribution in [0.5, 0.6) is 0 Å². The van der Waals surface area contributed by atoms with Gasteiger partial charge in [0.15, 0.2) is 4.33 Å². The summed E-state index contributed by atoms with van der Waals surface area (Å²) in [6.07, 6.45) is 7.11. The first-order valence-corrected chi connectivity index (χ1v) is 7.77. The maximum absolute atomic E-state index is 12.1. The van der Waals surface area contributed by atoms with Crippen LogP contribution in [0.4, 0.5) is 0 Å². The van der Waals surface area contributed by atoms with Gasteiger partial charge in [-0.2, -0.15) is 0 Å². The Bertz CT molecular complexity index is 627. The van der Waals surface area contributed by atoms with E-state index in [1.165, 1.54) is 12.4 Å². The number of carbonyl (C=O) groups is 1. The van der Waals surface area contributed by atoms with Crippen LogP contribution in [0.1, 0.15) is 11.7 Å². The summed E-state index contributed by atoms with van der Waals surface area (Å²) < 4.78 is 0.231. The van der Waals surface area contributed by atoms with E-state index in [1.54, 1.807) is 23.0 Å². The van der Waals surface area contributed by atoms with Crippen molar-refractivity contribution in [1.29, 1.82) is 0 Å². The molecule has 2 rings (SSSR count). The Morgan fingerprint density at radius 3 is 2.68 bits per heavy atom. The maximum Gasteiger partial charge on any atom is 0.245 e. The third-order valence-corrected chi connectivity index (χ3v) is 4.28. The molecule has 1 amide bonds. The first-order chi connectivity index (χ1) is 10.5. The molecule has 0 radical (unpaired) electrons. The molecule has 22 heavy (non-hydrogen) atoms. The zero-order chi connectivity index (χ0) is 16.0. The topological polar surface area (TPSA) is 46.9 Å². The number of carbonyl (C=O) groups excluding carboxylic acids is 1. The molecule has 0 spiro atoms. The van der Waals surface area contributed by atoms with Crippen molar-refractivity contribution in [2.75, 3.05) is 5.88 Å². The molecular weight excluding hydrogens is 345 g/mol. The van der Waals surface area contributed by atoms with Gasteiger partial charge in [-0.15, -0.1) is 11.6 Å². The van der Waals surface area contributed by atoms with E-state index >= 15 is 0 Å². The molecule has 1 aromatic carbocycles. The summed E-state index contributed by atoms with van der Waals surface area (Å²) in [5, 5.41) is 2.73. The summed E-state index contributed by atoms with van der Waals surface area (Å²) in [5.74, 6) is -0.389. The van der Waals surface area contributed by atoms with Crippen molar-refractivity contribution >= 4 is 46.8 Å². The minimum absolute atomic E-state index is 0.0539. The third-order valence-electron chi connectivity index (χ3n) is 2.91. The second-order valence-corrected chi connectivity index (χ2v) is 6.37. The van der Waals surface area contributed by atoms with Crippen molar-refractivity contribution in [3.63, 3.8) is 0 Å². The summed E-state index contributed by atoms with van der Waals surface area (Å²) in [6, 6.07) is 9.47. The molecule has 1 atom stereocenters. The molecular formula is C15H14Cl3N3O. The summed E-state index contributed by atoms with van der Waals surface area (Å²) in [7, 11) is 0. The number of rotatable bonds is 6. The van der Waals surface area contributed by atoms with Crippen molar-refractivity contribution in [2.24, 2.45) is 0 Å². The van der Waals surface area contributed by atoms with Crippen molar-refractivity contribution in [3.05, 3.63) is 60.7 Å². The Morgan fingerprint density at radius 2 is 2.09 bits per heavy atom. The molecule has 1 unspecified atom stereocenters. The fraction of sp³-hybridized carbons (Fsp3) is 0.200. The summed E-state index contributed by atoms with van der Waals surface area (Å²) in [5.41, 5.74) is 0.914. The lowest BCUT2D eigenvalue weighted by molar-refractivity contribution is -0.117. The van der Waals surface area contributed by atoms with Crippen molar-refractivity contribution in [1.82, 2.24) is 14.9 Å². The smallest absolute Gasteiger partial charge is 0.245 e. The molecule has 0 aliphatic heterocycles. The van der Waals surface area contributed by atoms with Crippen LogP contribution in [0.25, 0.3) is 6.08 Å². The van der Waals surface area contributed by atoms with Gasteiger partial charge in [0.2, 0.25) is 5.91 Å². The molecule has 0 saturated heterocycles. The second-order valence-electron chi connectivity index (χ2n) is 4.56. The number of hydrogen-bond acceptors (Lipinski definition) is 2. The zero-order valence-corrected chi connectivity index (χ0v) is 13.8. The molecule has 1 aromatic heterocycles. The lowest BCUT2D eigenvalue weighted by Gasteiger charge is -2.29. The van der Waals surface area contributed by atoms with Crippen LogP contribution in [0, 0.1) is 0 Å². The largest absolute Gasteiger partial charge is 0.329 e. The standard InChI is InChI=1S/C15H14Cl3N3O/c16-10-15(17,18)14(21-9-8-19-11-21)20-13(22)7-6-12-4-2-1-3-5-12/h1-9,11,14H,10H2,(H,20,22). The minimum Gasteiger partial charge on any atom is -0.329 e. The van der Waals surface area contributed by atoms with E-state index in [0.717, 1.165) is 5.56 Å². The number of nitrogens with one attached hydrogen (secondary N) is 1. The molecule has 116 valence electrons. The third kappa shape index (κ3) is 4.50. The molecule has 2 aromatic rings. The monoisotopic (exact) mass is 357 g/mol. The van der Waals surface area contributed by atoms with Gasteiger partial charge in [0.05, 0.1) is 12.2 Å². The number of alkyl halides is 3. The van der Waals surface area contributed by atoms with E-state index in [1.807, 2.05) is 30.3 Å². The highest BCUT2D eigenvalue weighted by Crippen LogP contribution is 2.33. The molecule has 7 heteroatoms. The first kappa shape index (κ1) is 16.9. The highest BCUT2D eigenvalue weighted by molar-refractivity contribution is 6.51. The fourth-order valence-corrected chi connectivity index (χ4v) is 2.29. The van der Waals surface area contributed by atoms with Gasteiger partial charge in [0, 0.05) is 18.5 Å². The van der Waals surface area contributed by atoms with Gasteiger partial charge in [0.1, 0.15) is 6.17 Å². The normalized spacial score (nSPS) is 13.2. The SMILES string of the molecule is O=C(C=Cc1ccccc1)NC(n1ccnc1)C(Cl)(Cl)CCl. The van der Waals surface area contributed by atoms with Gasteiger partial charge < -0.3 is 9.88 Å². The van der Waals surface area contributed by atoms with Crippen molar-refractivity contribution in [3.8, 4) is 0 Å². The van der Waals surface area contributed by atoms with Gasteiger partial charge in [-0.25, -0.2) is 4.98 Å². The van der Waals surface area contributed by atoms with Crippen LogP contribution in [-0.4, -0.2) is 25.7 Å². The molecule has 4 nitrogen and oxygen atoms in total. The molecule has 0 bridgehead atoms. The first-order valence-electron chi connectivity index (χ1n) is 6.48.